The first-order valence-corrected chi connectivity index (χ1v) is 13.2. The minimum absolute atomic E-state index is 0.307. The number of hydrogen-bond donors (Lipinski definition) is 2. The normalized spacial score (nSPS) is 12.2. The molecule has 0 saturated carbocycles. The number of aromatic nitrogens is 2. The Bertz CT molecular complexity index is 1400. The van der Waals surface area contributed by atoms with Crippen molar-refractivity contribution in [3.05, 3.63) is 58.9 Å². The quantitative estimate of drug-likeness (QED) is 0.214. The monoisotopic (exact) mass is 536 g/mol. The number of aromatic amines is 2. The van der Waals surface area contributed by atoms with Crippen LogP contribution in [0.3, 0.4) is 0 Å². The molecule has 0 saturated heterocycles. The highest BCUT2D eigenvalue weighted by atomic mass is 16.5. The van der Waals surface area contributed by atoms with Crippen LogP contribution in [0.1, 0.15) is 46.0 Å². The third-order valence-corrected chi connectivity index (χ3v) is 6.21. The van der Waals surface area contributed by atoms with Crippen LogP contribution in [0, 0.1) is 0 Å². The van der Waals surface area contributed by atoms with E-state index < -0.39 is 0 Å². The Labute approximate surface area is 229 Å². The summed E-state index contributed by atoms with van der Waals surface area (Å²) in [4.78, 5) is 31.9. The summed E-state index contributed by atoms with van der Waals surface area (Å²) >= 11 is 0. The molecule has 2 aromatic carbocycles. The van der Waals surface area contributed by atoms with Gasteiger partial charge < -0.3 is 33.1 Å². The number of quaternary nitrogens is 2. The summed E-state index contributed by atoms with van der Waals surface area (Å²) in [7, 11) is 12.5. The first kappa shape index (κ1) is 28.2. The van der Waals surface area contributed by atoms with E-state index in [1.54, 1.807) is 13.8 Å². The third kappa shape index (κ3) is 6.43. The Morgan fingerprint density at radius 3 is 1.38 bits per heavy atom. The van der Waals surface area contributed by atoms with Gasteiger partial charge in [-0.3, -0.25) is 0 Å². The fourth-order valence-electron chi connectivity index (χ4n) is 4.76. The molecule has 0 fully saturated rings. The zero-order valence-electron chi connectivity index (χ0n) is 24.2. The molecule has 0 bridgehead atoms. The number of fused-ring (bicyclic) bond motifs is 2. The van der Waals surface area contributed by atoms with E-state index in [4.69, 9.17) is 14.2 Å². The lowest BCUT2D eigenvalue weighted by Crippen LogP contribution is -2.34. The van der Waals surface area contributed by atoms with Crippen molar-refractivity contribution >= 4 is 33.7 Å². The van der Waals surface area contributed by atoms with Gasteiger partial charge >= 0.3 is 11.9 Å². The topological polar surface area (TPSA) is 93.4 Å². The lowest BCUT2D eigenvalue weighted by atomic mass is 10.1. The first-order chi connectivity index (χ1) is 18.3. The highest BCUT2D eigenvalue weighted by Gasteiger charge is 2.25. The van der Waals surface area contributed by atoms with Gasteiger partial charge in [0.05, 0.1) is 66.5 Å². The number of carbonyl (C=O) groups excluding carboxylic acids is 2. The summed E-state index contributed by atoms with van der Waals surface area (Å²) in [6, 6.07) is 11.5. The average molecular weight is 537 g/mol. The standard InChI is InChI=1S/C30H38N4O5/c1-9-37-29(35)27-23(17-33(3,4)5)21-13-11-19(15-25(21)31-27)39-20-12-14-22-24(18-34(6,7)8)28(30(36)38-10-2)32-26(22)16-20/h11-16H,9-10,17-18H2,1-8H3/p+2. The maximum absolute atomic E-state index is 12.7. The summed E-state index contributed by atoms with van der Waals surface area (Å²) in [5.41, 5.74) is 4.39. The molecule has 4 aromatic rings. The molecule has 4 rings (SSSR count). The van der Waals surface area contributed by atoms with Gasteiger partial charge in [0.2, 0.25) is 0 Å². The van der Waals surface area contributed by atoms with Crippen molar-refractivity contribution in [2.45, 2.75) is 26.9 Å². The van der Waals surface area contributed by atoms with E-state index in [0.717, 1.165) is 32.9 Å². The second kappa shape index (κ2) is 10.7. The molecule has 0 atom stereocenters. The lowest BCUT2D eigenvalue weighted by Gasteiger charge is -2.24. The van der Waals surface area contributed by atoms with E-state index in [-0.39, 0.29) is 11.9 Å². The van der Waals surface area contributed by atoms with Crippen LogP contribution < -0.4 is 4.74 Å². The molecule has 2 N–H and O–H groups in total. The van der Waals surface area contributed by atoms with Gasteiger partial charge in [-0.1, -0.05) is 0 Å². The summed E-state index contributed by atoms with van der Waals surface area (Å²) in [5, 5.41) is 1.92. The van der Waals surface area contributed by atoms with Crippen molar-refractivity contribution in [3.8, 4) is 11.5 Å². The smallest absolute Gasteiger partial charge is 0.355 e. The summed E-state index contributed by atoms with van der Waals surface area (Å²) < 4.78 is 18.2. The molecule has 0 aliphatic carbocycles. The van der Waals surface area contributed by atoms with E-state index in [1.165, 1.54) is 0 Å². The minimum Gasteiger partial charge on any atom is -0.461 e. The molecule has 0 unspecified atom stereocenters. The zero-order valence-corrected chi connectivity index (χ0v) is 24.2. The van der Waals surface area contributed by atoms with Gasteiger partial charge in [-0.15, -0.1) is 0 Å². The van der Waals surface area contributed by atoms with Crippen LogP contribution in [0.4, 0.5) is 0 Å². The Balaban J connectivity index is 1.70. The van der Waals surface area contributed by atoms with Gasteiger partial charge in [0, 0.05) is 34.0 Å². The molecule has 9 heteroatoms. The van der Waals surface area contributed by atoms with Crippen LogP contribution in [-0.4, -0.2) is 86.4 Å². The number of nitrogens with zero attached hydrogens (tertiary/aromatic N) is 2. The molecule has 0 aliphatic heterocycles. The third-order valence-electron chi connectivity index (χ3n) is 6.21. The van der Waals surface area contributed by atoms with E-state index in [2.05, 4.69) is 52.3 Å². The van der Waals surface area contributed by atoms with Crippen molar-refractivity contribution in [1.82, 2.24) is 9.97 Å². The van der Waals surface area contributed by atoms with Crippen LogP contribution in [0.15, 0.2) is 36.4 Å². The number of esters is 2. The van der Waals surface area contributed by atoms with Gasteiger partial charge in [-0.05, 0) is 38.1 Å². The highest BCUT2D eigenvalue weighted by molar-refractivity contribution is 5.99. The maximum Gasteiger partial charge on any atom is 0.355 e. The van der Waals surface area contributed by atoms with Crippen LogP contribution >= 0.6 is 0 Å². The summed E-state index contributed by atoms with van der Waals surface area (Å²) in [6.45, 7) is 5.54. The molecule has 0 radical (unpaired) electrons. The van der Waals surface area contributed by atoms with Gasteiger partial charge in [-0.25, -0.2) is 9.59 Å². The van der Waals surface area contributed by atoms with Gasteiger partial charge in [-0.2, -0.15) is 0 Å². The average Bonchev–Trinajstić information content (AvgIpc) is 3.35. The Morgan fingerprint density at radius 1 is 0.667 bits per heavy atom. The number of rotatable bonds is 10. The van der Waals surface area contributed by atoms with Crippen LogP contribution in [0.5, 0.6) is 11.5 Å². The molecular formula is C30H40N4O5+2. The number of hydrogen-bond acceptors (Lipinski definition) is 5. The zero-order chi connectivity index (χ0) is 28.5. The molecular weight excluding hydrogens is 496 g/mol. The lowest BCUT2D eigenvalue weighted by molar-refractivity contribution is -0.883. The molecule has 2 heterocycles. The van der Waals surface area contributed by atoms with Gasteiger partial charge in [0.25, 0.3) is 0 Å². The Kier molecular flexibility index (Phi) is 7.77. The van der Waals surface area contributed by atoms with Crippen LogP contribution in [0.2, 0.25) is 0 Å². The van der Waals surface area contributed by atoms with Crippen molar-refractivity contribution in [3.63, 3.8) is 0 Å². The molecule has 2 aromatic heterocycles. The van der Waals surface area contributed by atoms with E-state index in [1.807, 2.05) is 36.4 Å². The number of ether oxygens (including phenoxy) is 3. The minimum atomic E-state index is -0.362. The van der Waals surface area contributed by atoms with E-state index in [9.17, 15) is 9.59 Å². The fourth-order valence-corrected chi connectivity index (χ4v) is 4.76. The van der Waals surface area contributed by atoms with E-state index >= 15 is 0 Å². The van der Waals surface area contributed by atoms with Crippen LogP contribution in [-0.2, 0) is 22.6 Å². The second-order valence-electron chi connectivity index (χ2n) is 11.8. The molecule has 208 valence electrons. The number of H-pyrrole nitrogens is 2. The first-order valence-electron chi connectivity index (χ1n) is 13.2. The van der Waals surface area contributed by atoms with Gasteiger partial charge in [0.15, 0.2) is 0 Å². The number of benzene rings is 2. The molecule has 0 aliphatic rings. The maximum atomic E-state index is 12.7. The molecule has 0 spiro atoms. The van der Waals surface area contributed by atoms with Crippen LogP contribution in [0.25, 0.3) is 21.8 Å². The van der Waals surface area contributed by atoms with Crippen molar-refractivity contribution in [2.75, 3.05) is 55.5 Å². The Morgan fingerprint density at radius 2 is 1.05 bits per heavy atom. The largest absolute Gasteiger partial charge is 0.461 e. The SMILES string of the molecule is CCOC(=O)c1[nH]c2cc(Oc3ccc4c(C[N+](C)(C)C)c(C(=O)OCC)[nH]c4c3)ccc2c1C[N+](C)(C)C. The number of nitrogens with one attached hydrogen (secondary N) is 2. The molecule has 39 heavy (non-hydrogen) atoms. The summed E-state index contributed by atoms with van der Waals surface area (Å²) in [5.74, 6) is 0.524. The molecule has 0 amide bonds. The summed E-state index contributed by atoms with van der Waals surface area (Å²) in [6.07, 6.45) is 0. The van der Waals surface area contributed by atoms with Crippen molar-refractivity contribution < 1.29 is 32.8 Å². The highest BCUT2D eigenvalue weighted by Crippen LogP contribution is 2.33. The molecule has 9 nitrogen and oxygen atoms in total. The van der Waals surface area contributed by atoms with Crippen molar-refractivity contribution in [2.24, 2.45) is 0 Å². The predicted molar refractivity (Wildman–Crippen MR) is 152 cm³/mol. The number of carbonyl (C=O) groups is 2. The second-order valence-corrected chi connectivity index (χ2v) is 11.8. The van der Waals surface area contributed by atoms with Gasteiger partial charge in [0.1, 0.15) is 36.0 Å². The Hall–Kier alpha value is -3.82. The predicted octanol–water partition coefficient (Wildman–Crippen LogP) is 5.21. The van der Waals surface area contributed by atoms with Crippen molar-refractivity contribution in [1.29, 1.82) is 0 Å². The fraction of sp³-hybridized carbons (Fsp3) is 0.400. The van der Waals surface area contributed by atoms with E-state index in [0.29, 0.717) is 58.2 Å².